The maximum atomic E-state index is 6.19. The van der Waals surface area contributed by atoms with Gasteiger partial charge in [-0.2, -0.15) is 0 Å². The van der Waals surface area contributed by atoms with Gasteiger partial charge < -0.3 is 10.5 Å². The number of ether oxygens (including phenoxy) is 1. The van der Waals surface area contributed by atoms with E-state index in [0.29, 0.717) is 6.10 Å². The standard InChI is InChI=1S/C14H22N2O/c1-17-14-7-8-16(11-14)10-13(15)9-12-5-3-2-4-6-12/h2-6,13-14H,7-11,15H2,1H3/t13-,14-/m1/s1. The predicted molar refractivity (Wildman–Crippen MR) is 70.0 cm³/mol. The van der Waals surface area contributed by atoms with Gasteiger partial charge >= 0.3 is 0 Å². The van der Waals surface area contributed by atoms with Crippen LogP contribution in [0.3, 0.4) is 0 Å². The zero-order valence-electron chi connectivity index (χ0n) is 10.5. The Morgan fingerprint density at radius 2 is 2.18 bits per heavy atom. The summed E-state index contributed by atoms with van der Waals surface area (Å²) in [6, 6.07) is 10.7. The molecule has 2 atom stereocenters. The van der Waals surface area contributed by atoms with Crippen molar-refractivity contribution in [3.05, 3.63) is 35.9 Å². The lowest BCUT2D eigenvalue weighted by atomic mass is 10.1. The summed E-state index contributed by atoms with van der Waals surface area (Å²) in [5.41, 5.74) is 7.51. The molecule has 0 aliphatic carbocycles. The van der Waals surface area contributed by atoms with Gasteiger partial charge in [0.25, 0.3) is 0 Å². The van der Waals surface area contributed by atoms with Crippen molar-refractivity contribution >= 4 is 0 Å². The van der Waals surface area contributed by atoms with Crippen LogP contribution in [0.25, 0.3) is 0 Å². The van der Waals surface area contributed by atoms with Crippen LogP contribution < -0.4 is 5.73 Å². The Morgan fingerprint density at radius 3 is 2.82 bits per heavy atom. The average molecular weight is 234 g/mol. The van der Waals surface area contributed by atoms with Gasteiger partial charge in [0.1, 0.15) is 0 Å². The van der Waals surface area contributed by atoms with E-state index in [1.165, 1.54) is 5.56 Å². The van der Waals surface area contributed by atoms with E-state index in [9.17, 15) is 0 Å². The molecule has 1 fully saturated rings. The fourth-order valence-electron chi connectivity index (χ4n) is 2.47. The molecule has 0 spiro atoms. The Morgan fingerprint density at radius 1 is 1.41 bits per heavy atom. The second-order valence-electron chi connectivity index (χ2n) is 4.86. The summed E-state index contributed by atoms with van der Waals surface area (Å²) in [5.74, 6) is 0. The summed E-state index contributed by atoms with van der Waals surface area (Å²) in [5, 5.41) is 0. The molecular formula is C14H22N2O. The molecule has 3 nitrogen and oxygen atoms in total. The summed E-state index contributed by atoms with van der Waals surface area (Å²) in [6.07, 6.45) is 2.49. The number of likely N-dealkylation sites (tertiary alicyclic amines) is 1. The maximum absolute atomic E-state index is 6.19. The first-order valence-electron chi connectivity index (χ1n) is 6.32. The third-order valence-electron chi connectivity index (χ3n) is 3.40. The van der Waals surface area contributed by atoms with Crippen molar-refractivity contribution < 1.29 is 4.74 Å². The fourth-order valence-corrected chi connectivity index (χ4v) is 2.47. The smallest absolute Gasteiger partial charge is 0.0710 e. The maximum Gasteiger partial charge on any atom is 0.0710 e. The Labute approximate surface area is 104 Å². The summed E-state index contributed by atoms with van der Waals surface area (Å²) < 4.78 is 5.36. The molecule has 1 aliphatic heterocycles. The summed E-state index contributed by atoms with van der Waals surface area (Å²) >= 11 is 0. The molecular weight excluding hydrogens is 212 g/mol. The highest BCUT2D eigenvalue weighted by atomic mass is 16.5. The van der Waals surface area contributed by atoms with E-state index in [1.54, 1.807) is 7.11 Å². The highest BCUT2D eigenvalue weighted by molar-refractivity contribution is 5.15. The molecule has 2 N–H and O–H groups in total. The average Bonchev–Trinajstić information content (AvgIpc) is 2.78. The van der Waals surface area contributed by atoms with Crippen LogP contribution in [0.1, 0.15) is 12.0 Å². The first-order chi connectivity index (χ1) is 8.28. The van der Waals surface area contributed by atoms with Crippen molar-refractivity contribution in [1.29, 1.82) is 0 Å². The molecule has 17 heavy (non-hydrogen) atoms. The third kappa shape index (κ3) is 3.80. The Kier molecular flexibility index (Phi) is 4.54. The number of hydrogen-bond acceptors (Lipinski definition) is 3. The second kappa shape index (κ2) is 6.15. The van der Waals surface area contributed by atoms with Gasteiger partial charge in [0.2, 0.25) is 0 Å². The van der Waals surface area contributed by atoms with Crippen molar-refractivity contribution in [1.82, 2.24) is 4.90 Å². The number of nitrogens with zero attached hydrogens (tertiary/aromatic N) is 1. The Balaban J connectivity index is 1.76. The molecule has 2 rings (SSSR count). The number of hydrogen-bond donors (Lipinski definition) is 1. The van der Waals surface area contributed by atoms with Crippen molar-refractivity contribution in [3.63, 3.8) is 0 Å². The molecule has 1 aromatic rings. The van der Waals surface area contributed by atoms with Crippen LogP contribution in [0.2, 0.25) is 0 Å². The minimum atomic E-state index is 0.216. The molecule has 0 unspecified atom stereocenters. The van der Waals surface area contributed by atoms with Crippen LogP contribution in [-0.2, 0) is 11.2 Å². The van der Waals surface area contributed by atoms with Gasteiger partial charge in [0.15, 0.2) is 0 Å². The quantitative estimate of drug-likeness (QED) is 0.834. The molecule has 0 radical (unpaired) electrons. The lowest BCUT2D eigenvalue weighted by Gasteiger charge is -2.20. The van der Waals surface area contributed by atoms with E-state index in [0.717, 1.165) is 32.5 Å². The van der Waals surface area contributed by atoms with Crippen LogP contribution in [-0.4, -0.2) is 43.8 Å². The van der Waals surface area contributed by atoms with Gasteiger partial charge in [-0.05, 0) is 18.4 Å². The first-order valence-corrected chi connectivity index (χ1v) is 6.32. The molecule has 1 aromatic carbocycles. The molecule has 1 heterocycles. The molecule has 0 bridgehead atoms. The summed E-state index contributed by atoms with van der Waals surface area (Å²) in [4.78, 5) is 2.40. The number of benzene rings is 1. The van der Waals surface area contributed by atoms with Crippen LogP contribution in [0.5, 0.6) is 0 Å². The van der Waals surface area contributed by atoms with Gasteiger partial charge in [-0.25, -0.2) is 0 Å². The minimum absolute atomic E-state index is 0.216. The normalized spacial score (nSPS) is 22.8. The highest BCUT2D eigenvalue weighted by Gasteiger charge is 2.23. The number of nitrogens with two attached hydrogens (primary N) is 1. The Hall–Kier alpha value is -0.900. The molecule has 1 saturated heterocycles. The fraction of sp³-hybridized carbons (Fsp3) is 0.571. The van der Waals surface area contributed by atoms with Crippen molar-refractivity contribution in [2.45, 2.75) is 25.0 Å². The zero-order valence-corrected chi connectivity index (χ0v) is 10.5. The van der Waals surface area contributed by atoms with Gasteiger partial charge in [0, 0.05) is 32.8 Å². The molecule has 0 aromatic heterocycles. The van der Waals surface area contributed by atoms with E-state index in [2.05, 4.69) is 29.2 Å². The SMILES string of the molecule is CO[C@@H]1CCN(C[C@H](N)Cc2ccccc2)C1. The molecule has 0 saturated carbocycles. The van der Waals surface area contributed by atoms with E-state index < -0.39 is 0 Å². The minimum Gasteiger partial charge on any atom is -0.380 e. The zero-order chi connectivity index (χ0) is 12.1. The van der Waals surface area contributed by atoms with Crippen molar-refractivity contribution in [3.8, 4) is 0 Å². The largest absolute Gasteiger partial charge is 0.380 e. The van der Waals surface area contributed by atoms with Gasteiger partial charge in [0.05, 0.1) is 6.10 Å². The van der Waals surface area contributed by atoms with Gasteiger partial charge in [-0.1, -0.05) is 30.3 Å². The van der Waals surface area contributed by atoms with Crippen LogP contribution in [0.4, 0.5) is 0 Å². The lowest BCUT2D eigenvalue weighted by molar-refractivity contribution is 0.107. The van der Waals surface area contributed by atoms with Crippen LogP contribution in [0.15, 0.2) is 30.3 Å². The third-order valence-corrected chi connectivity index (χ3v) is 3.40. The molecule has 94 valence electrons. The molecule has 1 aliphatic rings. The monoisotopic (exact) mass is 234 g/mol. The Bertz CT molecular complexity index is 328. The van der Waals surface area contributed by atoms with Crippen LogP contribution in [0, 0.1) is 0 Å². The number of rotatable bonds is 5. The molecule has 3 heteroatoms. The lowest BCUT2D eigenvalue weighted by Crippen LogP contribution is -2.38. The molecule has 0 amide bonds. The van der Waals surface area contributed by atoms with Crippen molar-refractivity contribution in [2.75, 3.05) is 26.7 Å². The second-order valence-corrected chi connectivity index (χ2v) is 4.86. The summed E-state index contributed by atoms with van der Waals surface area (Å²) in [7, 11) is 1.79. The highest BCUT2D eigenvalue weighted by Crippen LogP contribution is 2.12. The van der Waals surface area contributed by atoms with Crippen molar-refractivity contribution in [2.24, 2.45) is 5.73 Å². The van der Waals surface area contributed by atoms with E-state index in [1.807, 2.05) is 6.07 Å². The van der Waals surface area contributed by atoms with Gasteiger partial charge in [-0.15, -0.1) is 0 Å². The van der Waals surface area contributed by atoms with E-state index in [4.69, 9.17) is 10.5 Å². The predicted octanol–water partition coefficient (Wildman–Crippen LogP) is 1.28. The summed E-state index contributed by atoms with van der Waals surface area (Å²) in [6.45, 7) is 3.11. The van der Waals surface area contributed by atoms with E-state index >= 15 is 0 Å². The van der Waals surface area contributed by atoms with E-state index in [-0.39, 0.29) is 6.04 Å². The number of methoxy groups -OCH3 is 1. The topological polar surface area (TPSA) is 38.5 Å². The van der Waals surface area contributed by atoms with Gasteiger partial charge in [-0.3, -0.25) is 4.90 Å². The first kappa shape index (κ1) is 12.6. The van der Waals surface area contributed by atoms with Crippen LogP contribution >= 0.6 is 0 Å².